The van der Waals surface area contributed by atoms with Crippen LogP contribution in [0.15, 0.2) is 29.2 Å². The first kappa shape index (κ1) is 21.2. The summed E-state index contributed by atoms with van der Waals surface area (Å²) in [7, 11) is -3.21. The second-order valence-corrected chi connectivity index (χ2v) is 8.10. The van der Waals surface area contributed by atoms with Gasteiger partial charge in [0.1, 0.15) is 17.3 Å². The molecule has 0 radical (unpaired) electrons. The van der Waals surface area contributed by atoms with Crippen LogP contribution in [0.5, 0.6) is 5.75 Å². The van der Waals surface area contributed by atoms with Crippen molar-refractivity contribution in [1.82, 2.24) is 0 Å². The molecule has 0 heterocycles. The van der Waals surface area contributed by atoms with Gasteiger partial charge in [0.25, 0.3) is 0 Å². The molecule has 0 atom stereocenters. The Bertz CT molecular complexity index is 477. The molecular weight excluding hydrogens is 324 g/mol. The lowest BCUT2D eigenvalue weighted by molar-refractivity contribution is 0.314. The number of aromatic hydroxyl groups is 1. The summed E-state index contributed by atoms with van der Waals surface area (Å²) in [6.07, 6.45) is 5.17. The molecule has 0 fully saturated rings. The molecule has 0 aliphatic rings. The fourth-order valence-corrected chi connectivity index (χ4v) is 4.08. The minimum Gasteiger partial charge on any atom is -0.726 e. The molecule has 0 unspecified atom stereocenters. The molecule has 0 amide bonds. The van der Waals surface area contributed by atoms with Crippen molar-refractivity contribution in [1.29, 1.82) is 0 Å². The van der Waals surface area contributed by atoms with Crippen LogP contribution >= 0.6 is 0 Å². The lowest BCUT2D eigenvalue weighted by atomic mass is 10.3. The maximum atomic E-state index is 9.29. The lowest BCUT2D eigenvalue weighted by Crippen LogP contribution is -2.12. The Balaban J connectivity index is 0.000000626. The van der Waals surface area contributed by atoms with Crippen LogP contribution in [0, 0.1) is 0 Å². The number of hydrogen-bond acceptors (Lipinski definition) is 5. The lowest BCUT2D eigenvalue weighted by Gasteiger charge is -2.07. The molecule has 22 heavy (non-hydrogen) atoms. The third kappa shape index (κ3) is 10.9. The Morgan fingerprint density at radius 1 is 1.09 bits per heavy atom. The average Bonchev–Trinajstić information content (AvgIpc) is 2.48. The van der Waals surface area contributed by atoms with E-state index in [2.05, 4.69) is 30.2 Å². The summed E-state index contributed by atoms with van der Waals surface area (Å²) in [6.45, 7) is 4.50. The smallest absolute Gasteiger partial charge is 0.217 e. The zero-order valence-corrected chi connectivity index (χ0v) is 15.1. The number of hydrogen-bond donors (Lipinski definition) is 1. The Morgan fingerprint density at radius 3 is 1.82 bits per heavy atom. The van der Waals surface area contributed by atoms with E-state index in [4.69, 9.17) is 0 Å². The van der Waals surface area contributed by atoms with E-state index in [0.717, 1.165) is 7.11 Å². The van der Waals surface area contributed by atoms with Crippen molar-refractivity contribution in [2.24, 2.45) is 0 Å². The molecule has 0 bridgehead atoms. The van der Waals surface area contributed by atoms with E-state index >= 15 is 0 Å². The molecule has 1 aromatic carbocycles. The topological polar surface area (TPSA) is 86.7 Å². The van der Waals surface area contributed by atoms with Gasteiger partial charge in [-0.05, 0) is 37.1 Å². The van der Waals surface area contributed by atoms with Gasteiger partial charge in [-0.1, -0.05) is 26.7 Å². The summed E-state index contributed by atoms with van der Waals surface area (Å²) in [6, 6.07) is 7.80. The van der Waals surface area contributed by atoms with E-state index in [9.17, 15) is 18.1 Å². The van der Waals surface area contributed by atoms with Crippen molar-refractivity contribution in [3.8, 4) is 5.75 Å². The van der Waals surface area contributed by atoms with Gasteiger partial charge in [0.15, 0.2) is 4.90 Å². The number of rotatable bonds is 8. The van der Waals surface area contributed by atoms with E-state index in [-0.39, 0.29) is 0 Å². The SMILES string of the molecule is CCCC[S+](CCCC)c1ccc(O)cc1.COS(=O)(=O)[O-]. The molecule has 0 spiro atoms. The molecule has 5 nitrogen and oxygen atoms in total. The highest BCUT2D eigenvalue weighted by atomic mass is 32.3. The van der Waals surface area contributed by atoms with E-state index < -0.39 is 10.4 Å². The molecule has 7 heteroatoms. The van der Waals surface area contributed by atoms with E-state index in [1.807, 2.05) is 12.1 Å². The molecular formula is C15H26O5S2. The summed E-state index contributed by atoms with van der Waals surface area (Å²) in [4.78, 5) is 1.42. The Labute approximate surface area is 137 Å². The standard InChI is InChI=1S/C14H22OS.CH4O4S/c1-3-5-11-16(12-6-4-2)14-9-7-13(15)8-10-14;1-5-6(2,3)4/h7-10H,3-6,11-12H2,1-2H3;1H3,(H,2,3,4). The minimum absolute atomic E-state index is 0.373. The second kappa shape index (κ2) is 11.8. The Hall–Kier alpha value is -0.760. The zero-order chi connectivity index (χ0) is 17.0. The van der Waals surface area contributed by atoms with Crippen LogP contribution in [-0.4, -0.2) is 36.7 Å². The highest BCUT2D eigenvalue weighted by Crippen LogP contribution is 2.20. The molecule has 1 aromatic rings. The number of phenols is 1. The highest BCUT2D eigenvalue weighted by molar-refractivity contribution is 7.96. The molecule has 1 rings (SSSR count). The van der Waals surface area contributed by atoms with E-state index in [1.165, 1.54) is 42.1 Å². The summed E-state index contributed by atoms with van der Waals surface area (Å²) in [5.41, 5.74) is 0. The van der Waals surface area contributed by atoms with Gasteiger partial charge < -0.3 is 9.66 Å². The first-order valence-corrected chi connectivity index (χ1v) is 10.2. The third-order valence-corrected chi connectivity index (χ3v) is 5.77. The zero-order valence-electron chi connectivity index (χ0n) is 13.4. The summed E-state index contributed by atoms with van der Waals surface area (Å²) >= 11 is 0. The first-order chi connectivity index (χ1) is 10.3. The van der Waals surface area contributed by atoms with Gasteiger partial charge in [-0.2, -0.15) is 0 Å². The number of benzene rings is 1. The number of phenolic OH excluding ortho intramolecular Hbond substituents is 1. The fraction of sp³-hybridized carbons (Fsp3) is 0.600. The van der Waals surface area contributed by atoms with Crippen molar-refractivity contribution in [2.75, 3.05) is 18.6 Å². The number of unbranched alkanes of at least 4 members (excludes halogenated alkanes) is 2. The maximum absolute atomic E-state index is 9.29. The van der Waals surface area contributed by atoms with Gasteiger partial charge in [-0.15, -0.1) is 0 Å². The molecule has 128 valence electrons. The van der Waals surface area contributed by atoms with Crippen LogP contribution in [0.1, 0.15) is 39.5 Å². The largest absolute Gasteiger partial charge is 0.726 e. The van der Waals surface area contributed by atoms with Crippen LogP contribution < -0.4 is 0 Å². The molecule has 0 saturated heterocycles. The van der Waals surface area contributed by atoms with Gasteiger partial charge >= 0.3 is 0 Å². The first-order valence-electron chi connectivity index (χ1n) is 7.32. The molecule has 0 aliphatic carbocycles. The van der Waals surface area contributed by atoms with Crippen molar-refractivity contribution >= 4 is 21.3 Å². The minimum atomic E-state index is -4.41. The maximum Gasteiger partial charge on any atom is 0.217 e. The van der Waals surface area contributed by atoms with Gasteiger partial charge in [-0.25, -0.2) is 8.42 Å². The highest BCUT2D eigenvalue weighted by Gasteiger charge is 2.19. The van der Waals surface area contributed by atoms with Gasteiger partial charge in [0, 0.05) is 10.9 Å². The summed E-state index contributed by atoms with van der Waals surface area (Å²) < 4.78 is 31.0. The predicted molar refractivity (Wildman–Crippen MR) is 90.0 cm³/mol. The van der Waals surface area contributed by atoms with Crippen LogP contribution in [0.25, 0.3) is 0 Å². The van der Waals surface area contributed by atoms with Crippen molar-refractivity contribution in [3.63, 3.8) is 0 Å². The Morgan fingerprint density at radius 2 is 1.50 bits per heavy atom. The molecule has 0 aromatic heterocycles. The molecule has 0 saturated carbocycles. The van der Waals surface area contributed by atoms with Crippen molar-refractivity contribution in [3.05, 3.63) is 24.3 Å². The fourth-order valence-electron chi connectivity index (χ4n) is 1.61. The summed E-state index contributed by atoms with van der Waals surface area (Å²) in [5.74, 6) is 2.99. The Kier molecular flexibility index (Phi) is 11.4. The molecule has 0 aliphatic heterocycles. The van der Waals surface area contributed by atoms with Crippen LogP contribution in [0.4, 0.5) is 0 Å². The summed E-state index contributed by atoms with van der Waals surface area (Å²) in [5, 5.41) is 9.29. The van der Waals surface area contributed by atoms with Gasteiger partial charge in [0.2, 0.25) is 10.4 Å². The predicted octanol–water partition coefficient (Wildman–Crippen LogP) is 3.06. The van der Waals surface area contributed by atoms with Crippen LogP contribution in [0.3, 0.4) is 0 Å². The van der Waals surface area contributed by atoms with Gasteiger partial charge in [0.05, 0.1) is 7.11 Å². The quantitative estimate of drug-likeness (QED) is 0.442. The monoisotopic (exact) mass is 350 g/mol. The van der Waals surface area contributed by atoms with Crippen LogP contribution in [-0.2, 0) is 25.5 Å². The van der Waals surface area contributed by atoms with Crippen LogP contribution in [0.2, 0.25) is 0 Å². The second-order valence-electron chi connectivity index (χ2n) is 4.68. The van der Waals surface area contributed by atoms with Crippen molar-refractivity contribution < 1.29 is 22.3 Å². The normalized spacial score (nSPS) is 11.1. The third-order valence-electron chi connectivity index (χ3n) is 2.86. The van der Waals surface area contributed by atoms with Crippen molar-refractivity contribution in [2.45, 2.75) is 44.4 Å². The average molecular weight is 351 g/mol. The van der Waals surface area contributed by atoms with Gasteiger partial charge in [-0.3, -0.25) is 4.18 Å². The van der Waals surface area contributed by atoms with E-state index in [0.29, 0.717) is 16.6 Å². The van der Waals surface area contributed by atoms with E-state index in [1.54, 1.807) is 0 Å². The molecule has 1 N–H and O–H groups in total.